The lowest BCUT2D eigenvalue weighted by molar-refractivity contribution is -0.143. The van der Waals surface area contributed by atoms with Crippen molar-refractivity contribution in [3.05, 3.63) is 46.6 Å². The third-order valence-corrected chi connectivity index (χ3v) is 8.02. The highest BCUT2D eigenvalue weighted by Crippen LogP contribution is 2.53. The number of carbonyl (C=O) groups excluding carboxylic acids is 2. The fraction of sp³-hybridized carbons (Fsp3) is 0.500. The molecule has 3 aromatic rings. The molecule has 3 atom stereocenters. The highest BCUT2D eigenvalue weighted by Gasteiger charge is 2.57. The van der Waals surface area contributed by atoms with Gasteiger partial charge in [-0.3, -0.25) is 9.59 Å². The van der Waals surface area contributed by atoms with E-state index in [4.69, 9.17) is 16.3 Å². The second-order valence-corrected chi connectivity index (χ2v) is 10.9. The number of esters is 1. The van der Waals surface area contributed by atoms with Crippen LogP contribution in [0.2, 0.25) is 5.02 Å². The van der Waals surface area contributed by atoms with Crippen LogP contribution in [0, 0.1) is 29.4 Å². The number of hydrogen-bond acceptors (Lipinski definition) is 6. The van der Waals surface area contributed by atoms with E-state index in [1.807, 2.05) is 13.8 Å². The molecule has 39 heavy (non-hydrogen) atoms. The van der Waals surface area contributed by atoms with E-state index < -0.39 is 16.7 Å². The van der Waals surface area contributed by atoms with Gasteiger partial charge in [0.1, 0.15) is 22.5 Å². The molecule has 1 saturated carbocycles. The summed E-state index contributed by atoms with van der Waals surface area (Å²) < 4.78 is 35.3. The zero-order valence-electron chi connectivity index (χ0n) is 22.5. The van der Waals surface area contributed by atoms with Gasteiger partial charge in [-0.25, -0.2) is 13.8 Å². The molecule has 0 N–H and O–H groups in total. The topological polar surface area (TPSA) is 80.0 Å². The molecule has 208 valence electrons. The molecule has 5 rings (SSSR count). The van der Waals surface area contributed by atoms with Gasteiger partial charge >= 0.3 is 5.97 Å². The Morgan fingerprint density at radius 3 is 2.38 bits per heavy atom. The summed E-state index contributed by atoms with van der Waals surface area (Å²) >= 11 is 5.70. The number of anilines is 1. The van der Waals surface area contributed by atoms with Crippen molar-refractivity contribution >= 4 is 34.9 Å². The van der Waals surface area contributed by atoms with E-state index in [1.165, 1.54) is 0 Å². The van der Waals surface area contributed by atoms with Gasteiger partial charge in [0.05, 0.1) is 12.3 Å². The van der Waals surface area contributed by atoms with Crippen molar-refractivity contribution in [1.82, 2.24) is 19.5 Å². The summed E-state index contributed by atoms with van der Waals surface area (Å²) in [5, 5.41) is 4.07. The molecular weight excluding hydrogens is 528 g/mol. The van der Waals surface area contributed by atoms with Gasteiger partial charge in [-0.2, -0.15) is 9.61 Å². The minimum Gasteiger partial charge on any atom is -0.466 e. The van der Waals surface area contributed by atoms with Gasteiger partial charge in [-0.15, -0.1) is 0 Å². The second-order valence-electron chi connectivity index (χ2n) is 10.6. The third-order valence-electron chi connectivity index (χ3n) is 7.66. The third kappa shape index (κ3) is 5.18. The maximum absolute atomic E-state index is 14.3. The van der Waals surface area contributed by atoms with E-state index >= 15 is 0 Å². The molecular formula is C28H32ClF2N5O3. The van der Waals surface area contributed by atoms with Crippen LogP contribution >= 0.6 is 11.6 Å². The number of aromatic nitrogens is 3. The Bertz CT molecular complexity index is 1390. The number of ether oxygens (including phenoxy) is 1. The number of piperidine rings is 1. The van der Waals surface area contributed by atoms with Crippen molar-refractivity contribution in [3.8, 4) is 11.3 Å². The van der Waals surface area contributed by atoms with E-state index in [0.29, 0.717) is 61.7 Å². The molecule has 1 aromatic carbocycles. The molecule has 0 spiro atoms. The number of rotatable bonds is 9. The number of nitrogens with zero attached hydrogens (tertiary/aromatic N) is 5. The fourth-order valence-electron chi connectivity index (χ4n) is 5.69. The van der Waals surface area contributed by atoms with Crippen LogP contribution in [-0.2, 0) is 9.53 Å². The number of hydrogen-bond donors (Lipinski definition) is 0. The maximum atomic E-state index is 14.3. The van der Waals surface area contributed by atoms with Gasteiger partial charge in [0, 0.05) is 49.8 Å². The average Bonchev–Trinajstić information content (AvgIpc) is 3.24. The van der Waals surface area contributed by atoms with Crippen LogP contribution in [0.5, 0.6) is 0 Å². The molecule has 0 bridgehead atoms. The lowest BCUT2D eigenvalue weighted by Gasteiger charge is -2.29. The molecule has 1 saturated heterocycles. The SMILES string of the molecule is CCCN(c1cc(-c2cc(F)c(Cl)c(F)c2)nc2cc(C(=O)N3CC4C(CC(=O)OCC)[C@@H]4C3)nn12)C(C)C. The highest BCUT2D eigenvalue weighted by molar-refractivity contribution is 6.31. The average molecular weight is 560 g/mol. The first-order valence-corrected chi connectivity index (χ1v) is 13.8. The summed E-state index contributed by atoms with van der Waals surface area (Å²) in [6.07, 6.45) is 1.25. The second kappa shape index (κ2) is 10.7. The molecule has 1 aliphatic carbocycles. The number of benzene rings is 1. The Morgan fingerprint density at radius 1 is 1.13 bits per heavy atom. The summed E-state index contributed by atoms with van der Waals surface area (Å²) in [7, 11) is 0. The Labute approximate surface area is 230 Å². The molecule has 1 aliphatic heterocycles. The first kappa shape index (κ1) is 27.3. The van der Waals surface area contributed by atoms with Crippen LogP contribution in [0.1, 0.15) is 51.0 Å². The molecule has 2 fully saturated rings. The Kier molecular flexibility index (Phi) is 7.50. The van der Waals surface area contributed by atoms with E-state index in [0.717, 1.165) is 18.6 Å². The van der Waals surface area contributed by atoms with Crippen LogP contribution in [0.4, 0.5) is 14.6 Å². The number of halogens is 3. The predicted octanol–water partition coefficient (Wildman–Crippen LogP) is 5.22. The van der Waals surface area contributed by atoms with Gasteiger partial charge in [-0.05, 0) is 57.1 Å². The van der Waals surface area contributed by atoms with Crippen LogP contribution in [0.25, 0.3) is 16.9 Å². The van der Waals surface area contributed by atoms with Gasteiger partial charge in [0.15, 0.2) is 11.3 Å². The maximum Gasteiger partial charge on any atom is 0.306 e. The standard InChI is InChI=1S/C28H32ClF2N5O3/c1-5-7-35(15(3)4)25-12-22(16-8-20(30)27(29)21(31)9-16)32-24-11-23(33-36(24)25)28(38)34-13-18-17(19(18)14-34)10-26(37)39-6-2/h8-9,11-12,15,17-19H,5-7,10,13-14H2,1-4H3/t17?,18-,19?/m0/s1. The van der Waals surface area contributed by atoms with Crippen LogP contribution < -0.4 is 4.90 Å². The van der Waals surface area contributed by atoms with E-state index in [9.17, 15) is 18.4 Å². The van der Waals surface area contributed by atoms with E-state index in [2.05, 4.69) is 21.9 Å². The first-order valence-electron chi connectivity index (χ1n) is 13.4. The zero-order valence-corrected chi connectivity index (χ0v) is 23.2. The number of carbonyl (C=O) groups is 2. The predicted molar refractivity (Wildman–Crippen MR) is 144 cm³/mol. The Morgan fingerprint density at radius 2 is 1.79 bits per heavy atom. The minimum atomic E-state index is -0.873. The summed E-state index contributed by atoms with van der Waals surface area (Å²) in [4.78, 5) is 33.8. The molecule has 0 radical (unpaired) electrons. The zero-order chi connectivity index (χ0) is 28.0. The van der Waals surface area contributed by atoms with Crippen molar-refractivity contribution in [2.75, 3.05) is 31.1 Å². The lowest BCUT2D eigenvalue weighted by atomic mass is 10.1. The molecule has 2 unspecified atom stereocenters. The number of fused-ring (bicyclic) bond motifs is 2. The summed E-state index contributed by atoms with van der Waals surface area (Å²) in [6.45, 7) is 10.2. The number of likely N-dealkylation sites (tertiary alicyclic amines) is 1. The van der Waals surface area contributed by atoms with Gasteiger partial charge in [-0.1, -0.05) is 18.5 Å². The van der Waals surface area contributed by atoms with Crippen molar-refractivity contribution < 1.29 is 23.1 Å². The number of amides is 1. The Balaban J connectivity index is 1.46. The normalized spacial score (nSPS) is 20.0. The van der Waals surface area contributed by atoms with Crippen LogP contribution in [-0.4, -0.2) is 63.7 Å². The largest absolute Gasteiger partial charge is 0.466 e. The summed E-state index contributed by atoms with van der Waals surface area (Å²) in [6, 6.07) is 5.74. The van der Waals surface area contributed by atoms with Crippen molar-refractivity contribution in [2.24, 2.45) is 17.8 Å². The fourth-order valence-corrected chi connectivity index (χ4v) is 5.80. The summed E-state index contributed by atoms with van der Waals surface area (Å²) in [5.74, 6) is -0.612. The van der Waals surface area contributed by atoms with E-state index in [1.54, 1.807) is 28.5 Å². The van der Waals surface area contributed by atoms with Gasteiger partial charge in [0.25, 0.3) is 5.91 Å². The Hall–Kier alpha value is -3.27. The molecule has 3 heterocycles. The molecule has 11 heteroatoms. The summed E-state index contributed by atoms with van der Waals surface area (Å²) in [5.41, 5.74) is 1.22. The highest BCUT2D eigenvalue weighted by atomic mass is 35.5. The quantitative estimate of drug-likeness (QED) is 0.264. The molecule has 8 nitrogen and oxygen atoms in total. The van der Waals surface area contributed by atoms with Gasteiger partial charge < -0.3 is 14.5 Å². The van der Waals surface area contributed by atoms with Gasteiger partial charge in [0.2, 0.25) is 0 Å². The smallest absolute Gasteiger partial charge is 0.306 e. The molecule has 2 aliphatic rings. The van der Waals surface area contributed by atoms with Crippen molar-refractivity contribution in [3.63, 3.8) is 0 Å². The minimum absolute atomic E-state index is 0.0902. The molecule has 1 amide bonds. The molecule has 2 aromatic heterocycles. The van der Waals surface area contributed by atoms with E-state index in [-0.39, 0.29) is 35.1 Å². The monoisotopic (exact) mass is 559 g/mol. The van der Waals surface area contributed by atoms with Crippen molar-refractivity contribution in [1.29, 1.82) is 0 Å². The first-order chi connectivity index (χ1) is 18.6. The van der Waals surface area contributed by atoms with Crippen molar-refractivity contribution in [2.45, 2.75) is 46.6 Å². The van der Waals surface area contributed by atoms with Crippen LogP contribution in [0.3, 0.4) is 0 Å². The lowest BCUT2D eigenvalue weighted by Crippen LogP contribution is -2.34. The van der Waals surface area contributed by atoms with Crippen LogP contribution in [0.15, 0.2) is 24.3 Å².